The van der Waals surface area contributed by atoms with Gasteiger partial charge in [-0.2, -0.15) is 0 Å². The van der Waals surface area contributed by atoms with Crippen molar-refractivity contribution in [2.24, 2.45) is 0 Å². The molecule has 1 atom stereocenters. The molecule has 1 fully saturated rings. The van der Waals surface area contributed by atoms with Crippen molar-refractivity contribution in [3.63, 3.8) is 0 Å². The molecule has 102 valence electrons. The first-order chi connectivity index (χ1) is 9.74. The molecule has 0 bridgehead atoms. The fraction of sp³-hybridized carbons (Fsp3) is 0.235. The lowest BCUT2D eigenvalue weighted by Gasteiger charge is -2.37. The molecule has 0 amide bonds. The minimum absolute atomic E-state index is 0.000694. The summed E-state index contributed by atoms with van der Waals surface area (Å²) in [5, 5.41) is 0. The van der Waals surface area contributed by atoms with Crippen LogP contribution < -0.4 is 4.90 Å². The number of hydrogen-bond acceptors (Lipinski definition) is 2. The molecule has 1 unspecified atom stereocenters. The number of Topliss-reactive ketones (excluding diaryl/α,β-unsaturated/α-hetero) is 1. The number of halogens is 1. The molecule has 0 aromatic heterocycles. The van der Waals surface area contributed by atoms with Gasteiger partial charge in [-0.15, -0.1) is 0 Å². The van der Waals surface area contributed by atoms with Crippen LogP contribution in [0.5, 0.6) is 0 Å². The Labute approximate surface area is 117 Å². The van der Waals surface area contributed by atoms with Crippen molar-refractivity contribution in [2.75, 3.05) is 11.4 Å². The van der Waals surface area contributed by atoms with E-state index in [0.717, 1.165) is 11.3 Å². The fourth-order valence-electron chi connectivity index (χ4n) is 2.77. The van der Waals surface area contributed by atoms with Gasteiger partial charge in [-0.05, 0) is 23.8 Å². The number of ketones is 1. The fourth-order valence-corrected chi connectivity index (χ4v) is 2.77. The van der Waals surface area contributed by atoms with E-state index in [-0.39, 0.29) is 17.6 Å². The van der Waals surface area contributed by atoms with Crippen LogP contribution in [0.1, 0.15) is 24.4 Å². The van der Waals surface area contributed by atoms with E-state index in [1.54, 1.807) is 6.07 Å². The Kier molecular flexibility index (Phi) is 3.50. The molecule has 1 saturated heterocycles. The summed E-state index contributed by atoms with van der Waals surface area (Å²) in [6.45, 7) is 0.641. The predicted octanol–water partition coefficient (Wildman–Crippen LogP) is 3.74. The zero-order chi connectivity index (χ0) is 13.9. The highest BCUT2D eigenvalue weighted by Crippen LogP contribution is 2.33. The van der Waals surface area contributed by atoms with Gasteiger partial charge in [-0.1, -0.05) is 36.4 Å². The van der Waals surface area contributed by atoms with Gasteiger partial charge in [0.15, 0.2) is 0 Å². The number of carbonyl (C=O) groups excluding carboxylic acids is 1. The Hall–Kier alpha value is -2.16. The van der Waals surface area contributed by atoms with Crippen LogP contribution in [0.15, 0.2) is 54.6 Å². The molecule has 1 aliphatic heterocycles. The van der Waals surface area contributed by atoms with Crippen LogP contribution >= 0.6 is 0 Å². The highest BCUT2D eigenvalue weighted by Gasteiger charge is 2.28. The van der Waals surface area contributed by atoms with Crippen molar-refractivity contribution in [2.45, 2.75) is 18.9 Å². The Morgan fingerprint density at radius 1 is 1.05 bits per heavy atom. The molecule has 2 aromatic rings. The molecule has 2 aromatic carbocycles. The number of piperidine rings is 1. The zero-order valence-electron chi connectivity index (χ0n) is 11.1. The smallest absolute Gasteiger partial charge is 0.137 e. The van der Waals surface area contributed by atoms with Crippen molar-refractivity contribution in [1.82, 2.24) is 0 Å². The number of benzene rings is 2. The van der Waals surface area contributed by atoms with Gasteiger partial charge in [0.2, 0.25) is 0 Å². The lowest BCUT2D eigenvalue weighted by Crippen LogP contribution is -2.37. The first-order valence-corrected chi connectivity index (χ1v) is 6.83. The normalized spacial score (nSPS) is 19.1. The molecular weight excluding hydrogens is 253 g/mol. The summed E-state index contributed by atoms with van der Waals surface area (Å²) in [6, 6.07) is 16.5. The third-order valence-corrected chi connectivity index (χ3v) is 3.75. The summed E-state index contributed by atoms with van der Waals surface area (Å²) in [6.07, 6.45) is 1.01. The highest BCUT2D eigenvalue weighted by molar-refractivity contribution is 5.82. The monoisotopic (exact) mass is 269 g/mol. The Bertz CT molecular complexity index is 611. The van der Waals surface area contributed by atoms with Crippen molar-refractivity contribution in [3.05, 3.63) is 66.0 Å². The Morgan fingerprint density at radius 2 is 1.85 bits per heavy atom. The topological polar surface area (TPSA) is 20.3 Å². The molecular formula is C17H16FNO. The molecule has 0 radical (unpaired) electrons. The van der Waals surface area contributed by atoms with Crippen LogP contribution in [0.3, 0.4) is 0 Å². The average molecular weight is 269 g/mol. The Morgan fingerprint density at radius 3 is 2.60 bits per heavy atom. The number of carbonyl (C=O) groups is 1. The van der Waals surface area contributed by atoms with Crippen LogP contribution in [-0.2, 0) is 4.79 Å². The Balaban J connectivity index is 1.97. The van der Waals surface area contributed by atoms with Gasteiger partial charge in [0, 0.05) is 25.1 Å². The lowest BCUT2D eigenvalue weighted by atomic mass is 9.94. The van der Waals surface area contributed by atoms with Crippen molar-refractivity contribution in [3.8, 4) is 0 Å². The van der Waals surface area contributed by atoms with Gasteiger partial charge >= 0.3 is 0 Å². The summed E-state index contributed by atoms with van der Waals surface area (Å²) in [5.74, 6) is 0.0257. The van der Waals surface area contributed by atoms with E-state index >= 15 is 0 Å². The average Bonchev–Trinajstić information content (AvgIpc) is 2.48. The molecule has 0 N–H and O–H groups in total. The van der Waals surface area contributed by atoms with Gasteiger partial charge in [0.05, 0.1) is 6.04 Å². The maximum Gasteiger partial charge on any atom is 0.137 e. The van der Waals surface area contributed by atoms with E-state index in [9.17, 15) is 9.18 Å². The van der Waals surface area contributed by atoms with E-state index in [0.29, 0.717) is 19.4 Å². The van der Waals surface area contributed by atoms with E-state index in [4.69, 9.17) is 0 Å². The minimum atomic E-state index is -0.244. The molecule has 0 saturated carbocycles. The number of anilines is 1. The summed E-state index contributed by atoms with van der Waals surface area (Å²) in [7, 11) is 0. The molecule has 1 aliphatic rings. The van der Waals surface area contributed by atoms with Crippen LogP contribution in [0.2, 0.25) is 0 Å². The van der Waals surface area contributed by atoms with Gasteiger partial charge in [0.25, 0.3) is 0 Å². The molecule has 3 rings (SSSR count). The van der Waals surface area contributed by atoms with Crippen LogP contribution in [0.4, 0.5) is 10.1 Å². The minimum Gasteiger partial charge on any atom is -0.364 e. The van der Waals surface area contributed by atoms with Crippen molar-refractivity contribution >= 4 is 11.5 Å². The van der Waals surface area contributed by atoms with Crippen LogP contribution in [0.25, 0.3) is 0 Å². The quantitative estimate of drug-likeness (QED) is 0.827. The van der Waals surface area contributed by atoms with Crippen LogP contribution in [-0.4, -0.2) is 12.3 Å². The van der Waals surface area contributed by atoms with Gasteiger partial charge < -0.3 is 4.90 Å². The number of hydrogen-bond donors (Lipinski definition) is 0. The first-order valence-electron chi connectivity index (χ1n) is 6.83. The third kappa shape index (κ3) is 2.57. The maximum absolute atomic E-state index is 13.4. The lowest BCUT2D eigenvalue weighted by molar-refractivity contribution is -0.120. The standard InChI is InChI=1S/C17H16FNO/c18-14-7-4-8-15(11-14)19-10-9-16(20)12-17(19)13-5-2-1-3-6-13/h1-8,11,17H,9-10,12H2. The maximum atomic E-state index is 13.4. The number of rotatable bonds is 2. The summed E-state index contributed by atoms with van der Waals surface area (Å²) in [5.41, 5.74) is 1.94. The van der Waals surface area contributed by atoms with Gasteiger partial charge in [-0.3, -0.25) is 4.79 Å². The summed E-state index contributed by atoms with van der Waals surface area (Å²) >= 11 is 0. The molecule has 1 heterocycles. The zero-order valence-corrected chi connectivity index (χ0v) is 11.1. The molecule has 20 heavy (non-hydrogen) atoms. The molecule has 0 spiro atoms. The molecule has 3 heteroatoms. The predicted molar refractivity (Wildman–Crippen MR) is 77.2 cm³/mol. The second-order valence-corrected chi connectivity index (χ2v) is 5.09. The first kappa shape index (κ1) is 12.9. The third-order valence-electron chi connectivity index (χ3n) is 3.75. The molecule has 0 aliphatic carbocycles. The van der Waals surface area contributed by atoms with Gasteiger partial charge in [0.1, 0.15) is 11.6 Å². The van der Waals surface area contributed by atoms with E-state index < -0.39 is 0 Å². The van der Waals surface area contributed by atoms with Gasteiger partial charge in [-0.25, -0.2) is 4.39 Å². The van der Waals surface area contributed by atoms with Crippen molar-refractivity contribution < 1.29 is 9.18 Å². The SMILES string of the molecule is O=C1CCN(c2cccc(F)c2)C(c2ccccc2)C1. The van der Waals surface area contributed by atoms with Crippen LogP contribution in [0, 0.1) is 5.82 Å². The second-order valence-electron chi connectivity index (χ2n) is 5.09. The van der Waals surface area contributed by atoms with Crippen molar-refractivity contribution in [1.29, 1.82) is 0 Å². The number of nitrogens with zero attached hydrogens (tertiary/aromatic N) is 1. The highest BCUT2D eigenvalue weighted by atomic mass is 19.1. The summed E-state index contributed by atoms with van der Waals surface area (Å²) in [4.78, 5) is 13.9. The van der Waals surface area contributed by atoms with E-state index in [1.165, 1.54) is 12.1 Å². The van der Waals surface area contributed by atoms with E-state index in [1.807, 2.05) is 36.4 Å². The molecule has 2 nitrogen and oxygen atoms in total. The largest absolute Gasteiger partial charge is 0.364 e. The summed E-state index contributed by atoms with van der Waals surface area (Å²) < 4.78 is 13.4. The second kappa shape index (κ2) is 5.45. The van der Waals surface area contributed by atoms with E-state index in [2.05, 4.69) is 4.90 Å².